The zero-order valence-electron chi connectivity index (χ0n) is 28.1. The van der Waals surface area contributed by atoms with Crippen LogP contribution in [-0.2, 0) is 52.1 Å². The number of hydrogen-bond acceptors (Lipinski definition) is 12. The van der Waals surface area contributed by atoms with Gasteiger partial charge in [-0.05, 0) is 27.2 Å². The maximum atomic E-state index is 11.5. The number of amides is 1. The molecule has 0 saturated carbocycles. The third kappa shape index (κ3) is 38.9. The van der Waals surface area contributed by atoms with Gasteiger partial charge < -0.3 is 57.4 Å². The largest absolute Gasteiger partial charge is 0.444 e. The van der Waals surface area contributed by atoms with Crippen molar-refractivity contribution < 1.29 is 56.9 Å². The van der Waals surface area contributed by atoms with Gasteiger partial charge in [0.2, 0.25) is 0 Å². The third-order valence-electron chi connectivity index (χ3n) is 5.40. The predicted octanol–water partition coefficient (Wildman–Crippen LogP) is 3.26. The number of carbonyl (C=O) groups excluding carboxylic acids is 1. The Hall–Kier alpha value is -1.13. The Morgan fingerprint density at radius 3 is 1.02 bits per heavy atom. The first-order valence-electron chi connectivity index (χ1n) is 16.2. The first-order valence-corrected chi connectivity index (χ1v) is 16.2. The van der Waals surface area contributed by atoms with Crippen molar-refractivity contribution in [1.29, 1.82) is 0 Å². The lowest BCUT2D eigenvalue weighted by Gasteiger charge is -2.19. The summed E-state index contributed by atoms with van der Waals surface area (Å²) in [6.07, 6.45) is 4.44. The molecule has 0 fully saturated rings. The molecule has 0 aliphatic rings. The number of hydrogen-bond donors (Lipinski definition) is 1. The zero-order valence-corrected chi connectivity index (χ0v) is 28.1. The van der Waals surface area contributed by atoms with Gasteiger partial charge in [-0.25, -0.2) is 4.79 Å². The minimum absolute atomic E-state index is 0.386. The van der Waals surface area contributed by atoms with Crippen LogP contribution in [0.5, 0.6) is 0 Å². The van der Waals surface area contributed by atoms with E-state index in [1.165, 1.54) is 19.3 Å². The molecule has 264 valence electrons. The lowest BCUT2D eigenvalue weighted by molar-refractivity contribution is -0.0264. The molecular weight excluding hydrogens is 578 g/mol. The van der Waals surface area contributed by atoms with Gasteiger partial charge >= 0.3 is 6.09 Å². The van der Waals surface area contributed by atoms with E-state index in [0.717, 1.165) is 13.0 Å². The van der Waals surface area contributed by atoms with Crippen LogP contribution < -0.4 is 5.32 Å². The molecule has 0 aromatic heterocycles. The van der Waals surface area contributed by atoms with Crippen molar-refractivity contribution in [3.63, 3.8) is 0 Å². The summed E-state index contributed by atoms with van der Waals surface area (Å²) in [7, 11) is 0. The van der Waals surface area contributed by atoms with E-state index in [-0.39, 0.29) is 0 Å². The first kappa shape index (κ1) is 42.9. The molecule has 0 rings (SSSR count). The van der Waals surface area contributed by atoms with Gasteiger partial charge in [0.1, 0.15) is 5.60 Å². The lowest BCUT2D eigenvalue weighted by atomic mass is 10.2. The van der Waals surface area contributed by atoms with Gasteiger partial charge in [0.05, 0.1) is 126 Å². The number of alkyl carbamates (subject to hydrolysis) is 1. The Labute approximate surface area is 266 Å². The molecule has 13 nitrogen and oxygen atoms in total. The predicted molar refractivity (Wildman–Crippen MR) is 167 cm³/mol. The van der Waals surface area contributed by atoms with Gasteiger partial charge in [-0.1, -0.05) is 26.2 Å². The fraction of sp³-hybridized carbons (Fsp3) is 0.968. The second kappa shape index (κ2) is 34.7. The van der Waals surface area contributed by atoms with E-state index in [1.54, 1.807) is 0 Å². The van der Waals surface area contributed by atoms with Crippen LogP contribution >= 0.6 is 0 Å². The van der Waals surface area contributed by atoms with Crippen molar-refractivity contribution in [2.75, 3.05) is 139 Å². The molecule has 0 saturated heterocycles. The number of carbonyl (C=O) groups is 1. The third-order valence-corrected chi connectivity index (χ3v) is 5.40. The van der Waals surface area contributed by atoms with E-state index < -0.39 is 11.7 Å². The number of unbranched alkanes of at least 4 members (excludes halogenated alkanes) is 3. The van der Waals surface area contributed by atoms with E-state index in [2.05, 4.69) is 12.2 Å². The van der Waals surface area contributed by atoms with Crippen LogP contribution in [0.15, 0.2) is 0 Å². The smallest absolute Gasteiger partial charge is 0.407 e. The van der Waals surface area contributed by atoms with Gasteiger partial charge in [0, 0.05) is 13.2 Å². The summed E-state index contributed by atoms with van der Waals surface area (Å²) >= 11 is 0. The van der Waals surface area contributed by atoms with Gasteiger partial charge in [0.25, 0.3) is 0 Å². The molecule has 0 aliphatic heterocycles. The molecule has 0 spiro atoms. The summed E-state index contributed by atoms with van der Waals surface area (Å²) in [5.41, 5.74) is -0.508. The van der Waals surface area contributed by atoms with Crippen LogP contribution in [0.2, 0.25) is 0 Å². The zero-order chi connectivity index (χ0) is 32.2. The van der Waals surface area contributed by atoms with Crippen LogP contribution in [0, 0.1) is 0 Å². The first-order chi connectivity index (χ1) is 21.5. The fourth-order valence-electron chi connectivity index (χ4n) is 3.25. The van der Waals surface area contributed by atoms with E-state index in [4.69, 9.17) is 52.1 Å². The molecule has 0 aromatic rings. The van der Waals surface area contributed by atoms with E-state index in [9.17, 15) is 4.79 Å². The Balaban J connectivity index is 3.09. The summed E-state index contributed by atoms with van der Waals surface area (Å²) in [6, 6.07) is 0. The summed E-state index contributed by atoms with van der Waals surface area (Å²) in [4.78, 5) is 11.5. The Bertz CT molecular complexity index is 580. The van der Waals surface area contributed by atoms with Crippen LogP contribution in [0.1, 0.15) is 53.4 Å². The second-order valence-electron chi connectivity index (χ2n) is 10.6. The van der Waals surface area contributed by atoms with Crippen molar-refractivity contribution >= 4 is 6.09 Å². The average Bonchev–Trinajstić information content (AvgIpc) is 2.98. The van der Waals surface area contributed by atoms with Crippen LogP contribution in [-0.4, -0.2) is 150 Å². The molecule has 13 heteroatoms. The Morgan fingerprint density at radius 2 is 0.727 bits per heavy atom. The van der Waals surface area contributed by atoms with Crippen molar-refractivity contribution in [2.45, 2.75) is 59.0 Å². The monoisotopic (exact) mass is 641 g/mol. The van der Waals surface area contributed by atoms with Gasteiger partial charge in [-0.15, -0.1) is 0 Å². The van der Waals surface area contributed by atoms with Gasteiger partial charge in [-0.3, -0.25) is 0 Å². The molecule has 1 N–H and O–H groups in total. The topological polar surface area (TPSA) is 131 Å². The van der Waals surface area contributed by atoms with Crippen molar-refractivity contribution in [3.05, 3.63) is 0 Å². The minimum atomic E-state index is -0.508. The Morgan fingerprint density at radius 1 is 0.432 bits per heavy atom. The number of rotatable bonds is 35. The summed E-state index contributed by atoms with van der Waals surface area (Å²) < 4.78 is 59.8. The van der Waals surface area contributed by atoms with E-state index in [0.29, 0.717) is 132 Å². The second-order valence-corrected chi connectivity index (χ2v) is 10.6. The molecule has 0 radical (unpaired) electrons. The average molecular weight is 642 g/mol. The molecular formula is C31H63NO12. The molecule has 0 heterocycles. The summed E-state index contributed by atoms with van der Waals surface area (Å²) in [5, 5.41) is 2.63. The lowest BCUT2D eigenvalue weighted by Crippen LogP contribution is -2.34. The molecule has 0 bridgehead atoms. The maximum Gasteiger partial charge on any atom is 0.407 e. The number of nitrogens with one attached hydrogen (secondary N) is 1. The van der Waals surface area contributed by atoms with Crippen LogP contribution in [0.3, 0.4) is 0 Å². The van der Waals surface area contributed by atoms with Crippen molar-refractivity contribution in [3.8, 4) is 0 Å². The molecule has 1 amide bonds. The van der Waals surface area contributed by atoms with Crippen molar-refractivity contribution in [1.82, 2.24) is 5.32 Å². The number of ether oxygens (including phenoxy) is 11. The van der Waals surface area contributed by atoms with Gasteiger partial charge in [-0.2, -0.15) is 0 Å². The maximum absolute atomic E-state index is 11.5. The Kier molecular flexibility index (Phi) is 33.8. The van der Waals surface area contributed by atoms with E-state index >= 15 is 0 Å². The van der Waals surface area contributed by atoms with Crippen LogP contribution in [0.25, 0.3) is 0 Å². The van der Waals surface area contributed by atoms with E-state index in [1.807, 2.05) is 20.8 Å². The summed E-state index contributed by atoms with van der Waals surface area (Å²) in [6.45, 7) is 18.6. The highest BCUT2D eigenvalue weighted by molar-refractivity contribution is 5.67. The highest BCUT2D eigenvalue weighted by Crippen LogP contribution is 2.06. The normalized spacial score (nSPS) is 11.7. The standard InChI is InChI=1S/C31H63NO12/c1-5-6-7-8-10-34-12-14-36-16-18-38-20-22-40-24-26-42-28-29-43-27-25-41-23-21-39-19-17-37-15-13-35-11-9-32-30(33)44-31(2,3)4/h5-29H2,1-4H3,(H,32,33). The van der Waals surface area contributed by atoms with Crippen molar-refractivity contribution in [2.24, 2.45) is 0 Å². The van der Waals surface area contributed by atoms with Crippen LogP contribution in [0.4, 0.5) is 4.79 Å². The molecule has 0 aromatic carbocycles. The minimum Gasteiger partial charge on any atom is -0.444 e. The SMILES string of the molecule is CCCCCCOCCOCCOCCOCCOCCOCCOCCOCCOCCOCCNC(=O)OC(C)(C)C. The molecule has 44 heavy (non-hydrogen) atoms. The molecule has 0 unspecified atom stereocenters. The highest BCUT2D eigenvalue weighted by Gasteiger charge is 2.15. The molecule has 0 aliphatic carbocycles. The summed E-state index contributed by atoms with van der Waals surface area (Å²) in [5.74, 6) is 0. The molecule has 0 atom stereocenters. The van der Waals surface area contributed by atoms with Gasteiger partial charge in [0.15, 0.2) is 0 Å². The fourth-order valence-corrected chi connectivity index (χ4v) is 3.25. The quantitative estimate of drug-likeness (QED) is 0.102. The highest BCUT2D eigenvalue weighted by atomic mass is 16.6.